The maximum atomic E-state index is 5.87. The molecule has 0 aromatic heterocycles. The van der Waals surface area contributed by atoms with Crippen LogP contribution in [-0.2, 0) is 11.3 Å². The number of ether oxygens (including phenoxy) is 2. The number of rotatable bonds is 7. The van der Waals surface area contributed by atoms with Gasteiger partial charge in [0.1, 0.15) is 11.5 Å². The molecule has 0 atom stereocenters. The van der Waals surface area contributed by atoms with Gasteiger partial charge in [0, 0.05) is 6.61 Å². The van der Waals surface area contributed by atoms with Crippen molar-refractivity contribution < 1.29 is 9.47 Å². The minimum absolute atomic E-state index is 0.658. The molecule has 0 amide bonds. The summed E-state index contributed by atoms with van der Waals surface area (Å²) in [6.07, 6.45) is 2.43. The SMILES string of the molecule is c1ccc(COCC2CC(c3ccc(Oc4ccccc4)cc3)C2)cc1. The van der Waals surface area contributed by atoms with E-state index in [1.54, 1.807) is 0 Å². The van der Waals surface area contributed by atoms with Crippen molar-refractivity contribution in [3.8, 4) is 11.5 Å². The Morgan fingerprint density at radius 3 is 2.00 bits per heavy atom. The van der Waals surface area contributed by atoms with Crippen molar-refractivity contribution in [3.63, 3.8) is 0 Å². The third-order valence-corrected chi connectivity index (χ3v) is 5.03. The first kappa shape index (κ1) is 16.9. The Kier molecular flexibility index (Phi) is 5.32. The summed E-state index contributed by atoms with van der Waals surface area (Å²) in [4.78, 5) is 0. The standard InChI is InChI=1S/C24H24O2/c1-3-7-19(8-4-1)17-25-18-20-15-22(16-20)21-11-13-24(14-12-21)26-23-9-5-2-6-10-23/h1-14,20,22H,15-18H2. The molecule has 2 heteroatoms. The molecule has 3 aromatic rings. The highest BCUT2D eigenvalue weighted by molar-refractivity contribution is 5.34. The highest BCUT2D eigenvalue weighted by atomic mass is 16.5. The molecule has 0 heterocycles. The minimum atomic E-state index is 0.658. The largest absolute Gasteiger partial charge is 0.457 e. The van der Waals surface area contributed by atoms with E-state index in [0.717, 1.165) is 18.1 Å². The molecule has 2 nitrogen and oxygen atoms in total. The maximum Gasteiger partial charge on any atom is 0.127 e. The zero-order chi connectivity index (χ0) is 17.6. The third-order valence-electron chi connectivity index (χ3n) is 5.03. The van der Waals surface area contributed by atoms with Gasteiger partial charge in [-0.1, -0.05) is 60.7 Å². The molecule has 1 saturated carbocycles. The molecule has 0 saturated heterocycles. The fourth-order valence-corrected chi connectivity index (χ4v) is 3.49. The van der Waals surface area contributed by atoms with Crippen LogP contribution in [0.5, 0.6) is 11.5 Å². The van der Waals surface area contributed by atoms with Crippen molar-refractivity contribution in [1.29, 1.82) is 0 Å². The van der Waals surface area contributed by atoms with E-state index in [1.807, 2.05) is 36.4 Å². The van der Waals surface area contributed by atoms with Gasteiger partial charge in [0.2, 0.25) is 0 Å². The molecule has 1 fully saturated rings. The van der Waals surface area contributed by atoms with Crippen molar-refractivity contribution in [2.75, 3.05) is 6.61 Å². The molecular formula is C24H24O2. The van der Waals surface area contributed by atoms with Crippen LogP contribution in [0.3, 0.4) is 0 Å². The Morgan fingerprint density at radius 1 is 0.692 bits per heavy atom. The summed E-state index contributed by atoms with van der Waals surface area (Å²) in [7, 11) is 0. The molecule has 4 rings (SSSR count). The Morgan fingerprint density at radius 2 is 1.31 bits per heavy atom. The van der Waals surface area contributed by atoms with Gasteiger partial charge in [-0.15, -0.1) is 0 Å². The fraction of sp³-hybridized carbons (Fsp3) is 0.250. The van der Waals surface area contributed by atoms with E-state index in [0.29, 0.717) is 18.4 Å². The average Bonchev–Trinajstić information content (AvgIpc) is 2.66. The van der Waals surface area contributed by atoms with Gasteiger partial charge in [-0.25, -0.2) is 0 Å². The average molecular weight is 344 g/mol. The van der Waals surface area contributed by atoms with Gasteiger partial charge in [-0.3, -0.25) is 0 Å². The van der Waals surface area contributed by atoms with Crippen molar-refractivity contribution in [3.05, 3.63) is 96.1 Å². The molecule has 1 aliphatic carbocycles. The number of para-hydroxylation sites is 1. The van der Waals surface area contributed by atoms with Crippen LogP contribution in [0.4, 0.5) is 0 Å². The van der Waals surface area contributed by atoms with Crippen LogP contribution in [0.15, 0.2) is 84.9 Å². The molecule has 0 spiro atoms. The van der Waals surface area contributed by atoms with E-state index in [9.17, 15) is 0 Å². The van der Waals surface area contributed by atoms with Gasteiger partial charge in [0.05, 0.1) is 6.61 Å². The number of benzene rings is 3. The highest BCUT2D eigenvalue weighted by Gasteiger charge is 2.30. The normalized spacial score (nSPS) is 18.9. The first-order valence-corrected chi connectivity index (χ1v) is 9.31. The molecular weight excluding hydrogens is 320 g/mol. The second-order valence-electron chi connectivity index (χ2n) is 7.02. The molecule has 3 aromatic carbocycles. The van der Waals surface area contributed by atoms with Crippen LogP contribution in [0.2, 0.25) is 0 Å². The summed E-state index contributed by atoms with van der Waals surface area (Å²) in [6, 6.07) is 28.8. The van der Waals surface area contributed by atoms with Gasteiger partial charge in [-0.05, 0) is 60.1 Å². The molecule has 1 aliphatic rings. The first-order valence-electron chi connectivity index (χ1n) is 9.31. The van der Waals surface area contributed by atoms with E-state index < -0.39 is 0 Å². The van der Waals surface area contributed by atoms with Crippen LogP contribution in [0.1, 0.15) is 29.9 Å². The second kappa shape index (κ2) is 8.20. The lowest BCUT2D eigenvalue weighted by atomic mass is 9.72. The van der Waals surface area contributed by atoms with Crippen molar-refractivity contribution >= 4 is 0 Å². The van der Waals surface area contributed by atoms with E-state index in [1.165, 1.54) is 24.0 Å². The molecule has 26 heavy (non-hydrogen) atoms. The zero-order valence-electron chi connectivity index (χ0n) is 14.9. The van der Waals surface area contributed by atoms with Gasteiger partial charge in [0.25, 0.3) is 0 Å². The highest BCUT2D eigenvalue weighted by Crippen LogP contribution is 2.42. The predicted octanol–water partition coefficient (Wildman–Crippen LogP) is 6.19. The lowest BCUT2D eigenvalue weighted by Gasteiger charge is -2.35. The zero-order valence-corrected chi connectivity index (χ0v) is 14.9. The fourth-order valence-electron chi connectivity index (χ4n) is 3.49. The minimum Gasteiger partial charge on any atom is -0.457 e. The van der Waals surface area contributed by atoms with Crippen LogP contribution >= 0.6 is 0 Å². The van der Waals surface area contributed by atoms with Crippen molar-refractivity contribution in [1.82, 2.24) is 0 Å². The summed E-state index contributed by atoms with van der Waals surface area (Å²) in [5.41, 5.74) is 2.65. The molecule has 0 N–H and O–H groups in total. The number of hydrogen-bond acceptors (Lipinski definition) is 2. The van der Waals surface area contributed by atoms with Gasteiger partial charge in [-0.2, -0.15) is 0 Å². The van der Waals surface area contributed by atoms with Gasteiger partial charge in [0.15, 0.2) is 0 Å². The van der Waals surface area contributed by atoms with Crippen molar-refractivity contribution in [2.45, 2.75) is 25.4 Å². The molecule has 0 radical (unpaired) electrons. The molecule has 0 bridgehead atoms. The van der Waals surface area contributed by atoms with Crippen LogP contribution in [-0.4, -0.2) is 6.61 Å². The Bertz CT molecular complexity index is 791. The van der Waals surface area contributed by atoms with Crippen molar-refractivity contribution in [2.24, 2.45) is 5.92 Å². The lowest BCUT2D eigenvalue weighted by Crippen LogP contribution is -2.25. The monoisotopic (exact) mass is 344 g/mol. The first-order chi connectivity index (χ1) is 12.9. The quantitative estimate of drug-likeness (QED) is 0.509. The third kappa shape index (κ3) is 4.33. The van der Waals surface area contributed by atoms with Gasteiger partial charge >= 0.3 is 0 Å². The van der Waals surface area contributed by atoms with Crippen LogP contribution < -0.4 is 4.74 Å². The van der Waals surface area contributed by atoms with Crippen LogP contribution in [0.25, 0.3) is 0 Å². The van der Waals surface area contributed by atoms with E-state index in [-0.39, 0.29) is 0 Å². The summed E-state index contributed by atoms with van der Waals surface area (Å²) in [5, 5.41) is 0. The van der Waals surface area contributed by atoms with E-state index >= 15 is 0 Å². The summed E-state index contributed by atoms with van der Waals surface area (Å²) >= 11 is 0. The maximum absolute atomic E-state index is 5.87. The Balaban J connectivity index is 1.21. The predicted molar refractivity (Wildman–Crippen MR) is 105 cm³/mol. The summed E-state index contributed by atoms with van der Waals surface area (Å²) in [6.45, 7) is 1.58. The topological polar surface area (TPSA) is 18.5 Å². The molecule has 0 aliphatic heterocycles. The summed E-state index contributed by atoms with van der Waals surface area (Å²) < 4.78 is 11.7. The van der Waals surface area contributed by atoms with E-state index in [4.69, 9.17) is 9.47 Å². The van der Waals surface area contributed by atoms with E-state index in [2.05, 4.69) is 48.5 Å². The molecule has 132 valence electrons. The lowest BCUT2D eigenvalue weighted by molar-refractivity contribution is 0.0508. The second-order valence-corrected chi connectivity index (χ2v) is 7.02. The van der Waals surface area contributed by atoms with Crippen LogP contribution in [0, 0.1) is 5.92 Å². The van der Waals surface area contributed by atoms with Gasteiger partial charge < -0.3 is 9.47 Å². The number of hydrogen-bond donors (Lipinski definition) is 0. The smallest absolute Gasteiger partial charge is 0.127 e. The Labute approximate surface area is 155 Å². The molecule has 0 unspecified atom stereocenters. The summed E-state index contributed by atoms with van der Waals surface area (Å²) in [5.74, 6) is 3.11. The Hall–Kier alpha value is -2.58.